The number of thioether (sulfide) groups is 1. The highest BCUT2D eigenvalue weighted by atomic mass is 32.2. The molecule has 0 radical (unpaired) electrons. The first-order valence-electron chi connectivity index (χ1n) is 10.2. The second-order valence-corrected chi connectivity index (χ2v) is 9.10. The van der Waals surface area contributed by atoms with E-state index in [0.29, 0.717) is 17.9 Å². The lowest BCUT2D eigenvalue weighted by atomic mass is 9.86. The number of carbonyl (C=O) groups is 1. The predicted octanol–water partition coefficient (Wildman–Crippen LogP) is 5.09. The van der Waals surface area contributed by atoms with Crippen molar-refractivity contribution >= 4 is 29.1 Å². The van der Waals surface area contributed by atoms with Gasteiger partial charge in [-0.15, -0.1) is 0 Å². The minimum atomic E-state index is -0.364. The first-order chi connectivity index (χ1) is 14.6. The van der Waals surface area contributed by atoms with Crippen molar-refractivity contribution in [2.24, 2.45) is 0 Å². The predicted molar refractivity (Wildman–Crippen MR) is 125 cm³/mol. The third-order valence-corrected chi connectivity index (χ3v) is 5.53. The van der Waals surface area contributed by atoms with Crippen LogP contribution in [0.5, 0.6) is 0 Å². The van der Waals surface area contributed by atoms with E-state index in [0.717, 1.165) is 22.5 Å². The Morgan fingerprint density at radius 2 is 1.84 bits per heavy atom. The van der Waals surface area contributed by atoms with Gasteiger partial charge in [0.2, 0.25) is 6.79 Å². The molecule has 0 N–H and O–H groups in total. The van der Waals surface area contributed by atoms with Crippen LogP contribution in [0, 0.1) is 25.2 Å². The van der Waals surface area contributed by atoms with Gasteiger partial charge in [0.25, 0.3) is 0 Å². The van der Waals surface area contributed by atoms with Crippen molar-refractivity contribution in [1.82, 2.24) is 9.78 Å². The molecule has 166 valence electrons. The van der Waals surface area contributed by atoms with Crippen molar-refractivity contribution in [1.29, 1.82) is 5.26 Å². The van der Waals surface area contributed by atoms with Gasteiger partial charge in [-0.3, -0.25) is 9.48 Å². The minimum Gasteiger partial charge on any atom is -0.454 e. The monoisotopic (exact) mass is 441 g/mol. The summed E-state index contributed by atoms with van der Waals surface area (Å²) in [5.74, 6) is 0.243. The molecule has 0 saturated carbocycles. The van der Waals surface area contributed by atoms with Gasteiger partial charge in [-0.05, 0) is 43.6 Å². The van der Waals surface area contributed by atoms with E-state index in [1.165, 1.54) is 17.3 Å². The Bertz CT molecular complexity index is 993. The first kappa shape index (κ1) is 24.5. The van der Waals surface area contributed by atoms with Crippen LogP contribution in [0.3, 0.4) is 0 Å². The summed E-state index contributed by atoms with van der Waals surface area (Å²) in [7, 11) is 0. The number of allylic oxidation sites excluding steroid dienone is 1. The molecule has 0 amide bonds. The molecule has 0 aliphatic carbocycles. The normalized spacial score (nSPS) is 12.2. The summed E-state index contributed by atoms with van der Waals surface area (Å²) in [6, 6.07) is 10.2. The zero-order valence-corrected chi connectivity index (χ0v) is 20.2. The summed E-state index contributed by atoms with van der Waals surface area (Å²) < 4.78 is 12.9. The van der Waals surface area contributed by atoms with Crippen LogP contribution >= 0.6 is 11.8 Å². The Morgan fingerprint density at radius 1 is 1.19 bits per heavy atom. The molecular weight excluding hydrogens is 410 g/mol. The lowest BCUT2D eigenvalue weighted by Gasteiger charge is -2.19. The Hall–Kier alpha value is -2.72. The van der Waals surface area contributed by atoms with E-state index in [1.54, 1.807) is 0 Å². The maximum absolute atomic E-state index is 11.8. The number of aryl methyl sites for hydroxylation is 2. The van der Waals surface area contributed by atoms with Crippen molar-refractivity contribution in [3.05, 3.63) is 52.3 Å². The number of esters is 1. The molecule has 0 unspecified atom stereocenters. The number of hydrogen-bond acceptors (Lipinski definition) is 6. The van der Waals surface area contributed by atoms with Gasteiger partial charge in [-0.2, -0.15) is 22.1 Å². The lowest BCUT2D eigenvalue weighted by Crippen LogP contribution is -2.13. The van der Waals surface area contributed by atoms with Crippen LogP contribution in [0.15, 0.2) is 24.3 Å². The zero-order valence-electron chi connectivity index (χ0n) is 19.4. The van der Waals surface area contributed by atoms with Gasteiger partial charge in [-0.25, -0.2) is 0 Å². The molecule has 2 aromatic rings. The quantitative estimate of drug-likeness (QED) is 0.246. The standard InChI is InChI=1S/C24H31N3O3S/c1-8-27-22(16(2)17(3)26-27)23(30-15-29-21(28)14-31-7)20(13-25)18-9-11-19(12-10-18)24(4,5)6/h9-12H,8,14-15H2,1-7H3/b23-20-. The molecule has 0 aliphatic heterocycles. The van der Waals surface area contributed by atoms with Crippen LogP contribution < -0.4 is 0 Å². The summed E-state index contributed by atoms with van der Waals surface area (Å²) in [5, 5.41) is 14.6. The third kappa shape index (κ3) is 5.92. The van der Waals surface area contributed by atoms with Gasteiger partial charge in [0, 0.05) is 12.1 Å². The number of nitriles is 1. The summed E-state index contributed by atoms with van der Waals surface area (Å²) in [4.78, 5) is 11.8. The Morgan fingerprint density at radius 3 is 2.35 bits per heavy atom. The molecule has 0 aliphatic rings. The molecule has 1 heterocycles. The van der Waals surface area contributed by atoms with Crippen molar-refractivity contribution in [2.45, 2.75) is 53.5 Å². The molecule has 0 spiro atoms. The molecule has 0 atom stereocenters. The highest BCUT2D eigenvalue weighted by Gasteiger charge is 2.23. The van der Waals surface area contributed by atoms with Crippen LogP contribution in [0.1, 0.15) is 55.8 Å². The number of aromatic nitrogens is 2. The average Bonchev–Trinajstić information content (AvgIpc) is 3.01. The molecule has 7 heteroatoms. The largest absolute Gasteiger partial charge is 0.454 e. The van der Waals surface area contributed by atoms with E-state index in [9.17, 15) is 10.1 Å². The van der Waals surface area contributed by atoms with Crippen molar-refractivity contribution in [3.63, 3.8) is 0 Å². The molecule has 0 fully saturated rings. The second-order valence-electron chi connectivity index (χ2n) is 8.23. The van der Waals surface area contributed by atoms with Crippen LogP contribution in [0.2, 0.25) is 0 Å². The molecule has 6 nitrogen and oxygen atoms in total. The van der Waals surface area contributed by atoms with E-state index < -0.39 is 0 Å². The Labute approximate surface area is 189 Å². The third-order valence-electron chi connectivity index (χ3n) is 5.01. The van der Waals surface area contributed by atoms with E-state index in [1.807, 2.05) is 56.0 Å². The SMILES string of the molecule is CCn1nc(C)c(C)c1/C(OCOC(=O)CSC)=C(\C#N)c1ccc(C(C)(C)C)cc1. The number of carbonyl (C=O) groups excluding carboxylic acids is 1. The van der Waals surface area contributed by atoms with E-state index in [2.05, 4.69) is 31.9 Å². The van der Waals surface area contributed by atoms with Gasteiger partial charge in [0.15, 0.2) is 5.76 Å². The van der Waals surface area contributed by atoms with E-state index in [4.69, 9.17) is 9.47 Å². The average molecular weight is 442 g/mol. The molecule has 1 aromatic heterocycles. The van der Waals surface area contributed by atoms with Crippen LogP contribution in [-0.4, -0.2) is 34.6 Å². The summed E-state index contributed by atoms with van der Waals surface area (Å²) in [6.45, 7) is 12.6. The van der Waals surface area contributed by atoms with Crippen molar-refractivity contribution in [3.8, 4) is 6.07 Å². The van der Waals surface area contributed by atoms with Crippen molar-refractivity contribution < 1.29 is 14.3 Å². The van der Waals surface area contributed by atoms with E-state index in [-0.39, 0.29) is 23.9 Å². The fraction of sp³-hybridized carbons (Fsp3) is 0.458. The highest BCUT2D eigenvalue weighted by molar-refractivity contribution is 7.99. The molecular formula is C24H31N3O3S. The van der Waals surface area contributed by atoms with Gasteiger partial charge in [0.1, 0.15) is 17.3 Å². The minimum absolute atomic E-state index is 0.00834. The molecule has 1 aromatic carbocycles. The van der Waals surface area contributed by atoms with Gasteiger partial charge in [-0.1, -0.05) is 45.0 Å². The number of rotatable bonds is 8. The summed E-state index contributed by atoms with van der Waals surface area (Å²) in [5.41, 5.74) is 4.80. The molecule has 2 rings (SSSR count). The van der Waals surface area contributed by atoms with E-state index >= 15 is 0 Å². The smallest absolute Gasteiger partial charge is 0.318 e. The van der Waals surface area contributed by atoms with Gasteiger partial charge < -0.3 is 9.47 Å². The fourth-order valence-corrected chi connectivity index (χ4v) is 3.46. The number of nitrogens with zero attached hydrogens (tertiary/aromatic N) is 3. The maximum Gasteiger partial charge on any atom is 0.318 e. The topological polar surface area (TPSA) is 77.1 Å². The molecule has 0 saturated heterocycles. The second kappa shape index (κ2) is 10.5. The first-order valence-corrected chi connectivity index (χ1v) is 11.6. The number of ether oxygens (including phenoxy) is 2. The van der Waals surface area contributed by atoms with Crippen molar-refractivity contribution in [2.75, 3.05) is 18.8 Å². The fourth-order valence-electron chi connectivity index (χ4n) is 3.14. The van der Waals surface area contributed by atoms with Crippen LogP contribution in [0.4, 0.5) is 0 Å². The van der Waals surface area contributed by atoms with Crippen LogP contribution in [0.25, 0.3) is 11.3 Å². The molecule has 31 heavy (non-hydrogen) atoms. The Kier molecular flexibility index (Phi) is 8.35. The van der Waals surface area contributed by atoms with Crippen LogP contribution in [-0.2, 0) is 26.2 Å². The highest BCUT2D eigenvalue weighted by Crippen LogP contribution is 2.32. The summed E-state index contributed by atoms with van der Waals surface area (Å²) >= 11 is 1.38. The maximum atomic E-state index is 11.8. The number of benzene rings is 1. The lowest BCUT2D eigenvalue weighted by molar-refractivity contribution is -0.148. The molecule has 0 bridgehead atoms. The Balaban J connectivity index is 2.57. The number of hydrogen-bond donors (Lipinski definition) is 0. The van der Waals surface area contributed by atoms with Gasteiger partial charge in [0.05, 0.1) is 11.4 Å². The zero-order chi connectivity index (χ0) is 23.2. The summed E-state index contributed by atoms with van der Waals surface area (Å²) in [6.07, 6.45) is 1.83. The van der Waals surface area contributed by atoms with Gasteiger partial charge >= 0.3 is 5.97 Å².